The van der Waals surface area contributed by atoms with Gasteiger partial charge in [-0.25, -0.2) is 19.2 Å². The number of nitrogens with zero attached hydrogens (tertiary/aromatic N) is 4. The predicted octanol–water partition coefficient (Wildman–Crippen LogP) is 1.78. The van der Waals surface area contributed by atoms with Gasteiger partial charge in [-0.1, -0.05) is 121 Å². The molecule has 0 unspecified atom stereocenters. The molecule has 504 valence electrons. The van der Waals surface area contributed by atoms with E-state index in [9.17, 15) is 78.0 Å². The van der Waals surface area contributed by atoms with Crippen molar-refractivity contribution in [2.24, 2.45) is 22.9 Å². The second kappa shape index (κ2) is 30.2. The molecule has 28 nitrogen and oxygen atoms in total. The normalized spacial score (nSPS) is 24.1. The average molecular weight is 1390 g/mol. The summed E-state index contributed by atoms with van der Waals surface area (Å²) in [5.41, 5.74) is 28.9. The Hall–Kier alpha value is -9.28. The SMILES string of the molecule is CC1=C(C(=O)O)N2C(=O)[C@@H](NC(=O)[C@H](N)c3ccccc3)[C@H]2SC1.CC1=C(C(=O)O)N2C(=O)[C@@H](NC(=O)[C@H](N)c3ccccc3)[C@H]2SC1.CC1=C(C(=O)O)N2C(=O)[C@@H](NC(=O)[C@H](N)c3ccccc3)[C@H]2SC1.CC1=C(C(=O)O)N2C(=O)[C@@H](NC(=O)[C@H](N)c3ccccc3)[C@H]2SC1. The van der Waals surface area contributed by atoms with Gasteiger partial charge in [0.1, 0.15) is 92.6 Å². The van der Waals surface area contributed by atoms with E-state index in [4.69, 9.17) is 22.9 Å². The van der Waals surface area contributed by atoms with Gasteiger partial charge in [0, 0.05) is 23.0 Å². The van der Waals surface area contributed by atoms with Gasteiger partial charge in [-0.2, -0.15) is 0 Å². The zero-order chi connectivity index (χ0) is 69.7. The number of amides is 8. The van der Waals surface area contributed by atoms with Crippen LogP contribution in [0.1, 0.15) is 74.1 Å². The molecule has 0 saturated carbocycles. The van der Waals surface area contributed by atoms with Gasteiger partial charge in [0.15, 0.2) is 0 Å². The topological polar surface area (TPSA) is 451 Å². The molecule has 4 aromatic carbocycles. The zero-order valence-electron chi connectivity index (χ0n) is 51.7. The number of carboxylic acids is 4. The Morgan fingerprint density at radius 1 is 0.344 bits per heavy atom. The first kappa shape index (κ1) is 71.0. The van der Waals surface area contributed by atoms with Crippen molar-refractivity contribution in [3.05, 3.63) is 189 Å². The number of hydrogen-bond donors (Lipinski definition) is 12. The number of carboxylic acid groups (broad SMARTS) is 4. The van der Waals surface area contributed by atoms with E-state index in [0.717, 1.165) is 0 Å². The number of carbonyl (C=O) groups excluding carboxylic acids is 8. The molecule has 0 bridgehead atoms. The van der Waals surface area contributed by atoms with E-state index in [0.29, 0.717) is 67.6 Å². The van der Waals surface area contributed by atoms with E-state index in [1.807, 2.05) is 24.3 Å². The largest absolute Gasteiger partial charge is 0.477 e. The summed E-state index contributed by atoms with van der Waals surface area (Å²) in [6.45, 7) is 6.77. The number of hydrogen-bond acceptors (Lipinski definition) is 20. The fraction of sp³-hybridized carbons (Fsp3) is 0.312. The number of β-lactam (4-membered cyclic amide) rings is 4. The number of nitrogens with one attached hydrogen (secondary N) is 4. The Balaban J connectivity index is 0.000000150. The Morgan fingerprint density at radius 3 is 0.667 bits per heavy atom. The minimum Gasteiger partial charge on any atom is -0.477 e. The first-order chi connectivity index (χ1) is 45.7. The molecule has 0 aliphatic carbocycles. The lowest BCUT2D eigenvalue weighted by molar-refractivity contribution is -0.150. The van der Waals surface area contributed by atoms with Gasteiger partial charge in [-0.15, -0.1) is 47.0 Å². The number of carbonyl (C=O) groups is 12. The monoisotopic (exact) mass is 1390 g/mol. The Bertz CT molecular complexity index is 3440. The highest BCUT2D eigenvalue weighted by Crippen LogP contribution is 2.44. The van der Waals surface area contributed by atoms with Crippen molar-refractivity contribution in [1.29, 1.82) is 0 Å². The molecular weight excluding hydrogens is 1320 g/mol. The van der Waals surface area contributed by atoms with Crippen LogP contribution in [0.4, 0.5) is 0 Å². The summed E-state index contributed by atoms with van der Waals surface area (Å²) in [5.74, 6) is -5.98. The van der Waals surface area contributed by atoms with Crippen LogP contribution in [-0.2, 0) is 57.5 Å². The lowest BCUT2D eigenvalue weighted by Crippen LogP contribution is -2.71. The van der Waals surface area contributed by atoms with Crippen molar-refractivity contribution in [2.45, 2.75) is 97.5 Å². The van der Waals surface area contributed by atoms with Gasteiger partial charge in [-0.3, -0.25) is 58.0 Å². The molecule has 0 radical (unpaired) electrons. The number of benzene rings is 4. The van der Waals surface area contributed by atoms with Gasteiger partial charge in [-0.05, 0) is 72.2 Å². The highest BCUT2D eigenvalue weighted by molar-refractivity contribution is 8.01. The van der Waals surface area contributed by atoms with Crippen molar-refractivity contribution in [3.63, 3.8) is 0 Å². The van der Waals surface area contributed by atoms with Gasteiger partial charge in [0.05, 0.1) is 0 Å². The maximum absolute atomic E-state index is 12.3. The fourth-order valence-electron chi connectivity index (χ4n) is 11.3. The van der Waals surface area contributed by atoms with Crippen molar-refractivity contribution in [2.75, 3.05) is 23.0 Å². The average Bonchev–Trinajstić information content (AvgIpc) is 0.759. The number of nitrogens with two attached hydrogens (primary N) is 4. The molecule has 8 amide bonds. The molecule has 4 aromatic rings. The molecule has 12 atom stereocenters. The summed E-state index contributed by atoms with van der Waals surface area (Å²) >= 11 is 5.73. The summed E-state index contributed by atoms with van der Waals surface area (Å²) in [6, 6.07) is 28.9. The molecule has 4 fully saturated rings. The predicted molar refractivity (Wildman–Crippen MR) is 355 cm³/mol. The molecule has 32 heteroatoms. The molecule has 4 saturated heterocycles. The maximum atomic E-state index is 12.3. The molecule has 96 heavy (non-hydrogen) atoms. The van der Waals surface area contributed by atoms with E-state index in [1.54, 1.807) is 125 Å². The Kier molecular flexibility index (Phi) is 22.3. The van der Waals surface area contributed by atoms with E-state index in [1.165, 1.54) is 66.6 Å². The van der Waals surface area contributed by atoms with E-state index >= 15 is 0 Å². The minimum absolute atomic E-state index is 0.0154. The van der Waals surface area contributed by atoms with Crippen molar-refractivity contribution >= 4 is 118 Å². The lowest BCUT2D eigenvalue weighted by atomic mass is 10.0. The third-order valence-corrected chi connectivity index (χ3v) is 22.1. The standard InChI is InChI=1S/4C16H17N3O4S/c4*1-8-7-24-15-11(14(21)19(15)12(8)16(22)23)18-13(20)10(17)9-5-3-2-4-6-9/h4*2-6,10-11,15H,7,17H2,1H3,(H,18,20)(H,22,23)/t4*10-,11-,15-/m1111/s1. The number of aliphatic carboxylic acids is 4. The van der Waals surface area contributed by atoms with Gasteiger partial charge >= 0.3 is 23.9 Å². The zero-order valence-corrected chi connectivity index (χ0v) is 55.0. The van der Waals surface area contributed by atoms with Crippen LogP contribution in [0, 0.1) is 0 Å². The summed E-state index contributed by atoms with van der Waals surface area (Å²) in [7, 11) is 0. The van der Waals surface area contributed by atoms with Gasteiger partial charge in [0.25, 0.3) is 23.6 Å². The molecule has 0 spiro atoms. The highest BCUT2D eigenvalue weighted by atomic mass is 32.2. The Morgan fingerprint density at radius 2 is 0.510 bits per heavy atom. The van der Waals surface area contributed by atoms with Crippen LogP contribution in [0.15, 0.2) is 166 Å². The van der Waals surface area contributed by atoms with E-state index < -0.39 is 141 Å². The molecule has 12 rings (SSSR count). The third-order valence-electron chi connectivity index (χ3n) is 16.4. The molecule has 16 N–H and O–H groups in total. The number of fused-ring (bicyclic) bond motifs is 4. The molecular formula is C64H68N12O16S4. The first-order valence-corrected chi connectivity index (χ1v) is 33.8. The van der Waals surface area contributed by atoms with Crippen molar-refractivity contribution in [3.8, 4) is 0 Å². The van der Waals surface area contributed by atoms with Gasteiger partial charge in [0.2, 0.25) is 23.6 Å². The fourth-order valence-corrected chi connectivity index (χ4v) is 16.5. The smallest absolute Gasteiger partial charge is 0.352 e. The van der Waals surface area contributed by atoms with Crippen molar-refractivity contribution < 1.29 is 78.0 Å². The first-order valence-electron chi connectivity index (χ1n) is 29.6. The molecule has 8 aliphatic heterocycles. The van der Waals surface area contributed by atoms with Crippen LogP contribution in [0.25, 0.3) is 0 Å². The highest BCUT2D eigenvalue weighted by Gasteiger charge is 2.57. The second-order valence-corrected chi connectivity index (χ2v) is 27.3. The molecule has 8 aliphatic rings. The maximum Gasteiger partial charge on any atom is 0.352 e. The Labute approximate surface area is 566 Å². The van der Waals surface area contributed by atoms with Gasteiger partial charge < -0.3 is 64.6 Å². The van der Waals surface area contributed by atoms with Crippen LogP contribution >= 0.6 is 47.0 Å². The summed E-state index contributed by atoms with van der Waals surface area (Å²) < 4.78 is 0. The summed E-state index contributed by atoms with van der Waals surface area (Å²) in [4.78, 5) is 149. The molecule has 8 heterocycles. The quantitative estimate of drug-likeness (QED) is 0.0711. The van der Waals surface area contributed by atoms with Crippen LogP contribution in [0.5, 0.6) is 0 Å². The number of rotatable bonds is 16. The van der Waals surface area contributed by atoms with Crippen LogP contribution in [0.2, 0.25) is 0 Å². The molecule has 0 aromatic heterocycles. The second-order valence-electron chi connectivity index (χ2n) is 22.9. The van der Waals surface area contributed by atoms with Crippen molar-refractivity contribution in [1.82, 2.24) is 40.9 Å². The summed E-state index contributed by atoms with van der Waals surface area (Å²) in [5, 5.41) is 46.1. The van der Waals surface area contributed by atoms with E-state index in [-0.39, 0.29) is 22.8 Å². The third kappa shape index (κ3) is 14.4. The minimum atomic E-state index is -1.13. The van der Waals surface area contributed by atoms with Crippen LogP contribution < -0.4 is 44.2 Å². The van der Waals surface area contributed by atoms with Crippen LogP contribution in [-0.4, -0.2) is 180 Å². The number of thioether (sulfide) groups is 4. The summed E-state index contributed by atoms with van der Waals surface area (Å²) in [6.07, 6.45) is 0. The van der Waals surface area contributed by atoms with E-state index in [2.05, 4.69) is 21.3 Å². The van der Waals surface area contributed by atoms with Crippen LogP contribution in [0.3, 0.4) is 0 Å². The lowest BCUT2D eigenvalue weighted by Gasteiger charge is -2.49.